The maximum atomic E-state index is 12.1. The zero-order valence-corrected chi connectivity index (χ0v) is 14.4. The van der Waals surface area contributed by atoms with E-state index in [-0.39, 0.29) is 12.0 Å². The summed E-state index contributed by atoms with van der Waals surface area (Å²) >= 11 is 0. The minimum Gasteiger partial charge on any atom is -0.469 e. The highest BCUT2D eigenvalue weighted by Gasteiger charge is 2.49. The zero-order valence-electron chi connectivity index (χ0n) is 14.4. The highest BCUT2D eigenvalue weighted by atomic mass is 16.6. The predicted octanol–water partition coefficient (Wildman–Crippen LogP) is 3.77. The number of ether oxygens (including phenoxy) is 1. The predicted molar refractivity (Wildman–Crippen MR) is 92.6 cm³/mol. The van der Waals surface area contributed by atoms with E-state index in [1.807, 2.05) is 37.3 Å². The number of esters is 1. The van der Waals surface area contributed by atoms with E-state index in [1.54, 1.807) is 6.26 Å². The lowest BCUT2D eigenvalue weighted by atomic mass is 9.86. The Kier molecular flexibility index (Phi) is 5.05. The van der Waals surface area contributed by atoms with Gasteiger partial charge in [0.1, 0.15) is 5.76 Å². The summed E-state index contributed by atoms with van der Waals surface area (Å²) in [5.74, 6) is 0.851. The fourth-order valence-electron chi connectivity index (χ4n) is 3.60. The first-order chi connectivity index (χ1) is 11.7. The van der Waals surface area contributed by atoms with Crippen molar-refractivity contribution in [1.29, 1.82) is 0 Å². The first-order valence-corrected chi connectivity index (χ1v) is 8.69. The molecule has 1 aromatic carbocycles. The molecule has 24 heavy (non-hydrogen) atoms. The standard InChI is InChI=1S/C20H25NO3/c1-3-19(22)24-20(17-8-5-4-6-9-17)12-14-21(16(20)2)13-11-18-10-7-15-23-18/h4-10,15-16H,3,11-14H2,1-2H3. The average molecular weight is 327 g/mol. The SMILES string of the molecule is CCC(=O)OC1(c2ccccc2)CCN(CCc2ccco2)C1C. The van der Waals surface area contributed by atoms with E-state index in [9.17, 15) is 4.79 Å². The van der Waals surface area contributed by atoms with Crippen molar-refractivity contribution in [2.45, 2.75) is 44.8 Å². The first kappa shape index (κ1) is 16.8. The third-order valence-corrected chi connectivity index (χ3v) is 5.07. The van der Waals surface area contributed by atoms with E-state index in [4.69, 9.17) is 9.15 Å². The molecule has 1 aliphatic heterocycles. The van der Waals surface area contributed by atoms with Gasteiger partial charge < -0.3 is 9.15 Å². The van der Waals surface area contributed by atoms with Crippen LogP contribution in [0.1, 0.15) is 38.0 Å². The van der Waals surface area contributed by atoms with Gasteiger partial charge in [0.15, 0.2) is 5.60 Å². The molecule has 1 aromatic heterocycles. The Labute approximate surface area is 143 Å². The van der Waals surface area contributed by atoms with Crippen LogP contribution in [0.5, 0.6) is 0 Å². The molecule has 1 aliphatic rings. The van der Waals surface area contributed by atoms with Crippen molar-refractivity contribution in [1.82, 2.24) is 4.90 Å². The molecule has 128 valence electrons. The Morgan fingerprint density at radius 1 is 1.29 bits per heavy atom. The number of benzene rings is 1. The van der Waals surface area contributed by atoms with Crippen LogP contribution < -0.4 is 0 Å². The van der Waals surface area contributed by atoms with Gasteiger partial charge in [-0.15, -0.1) is 0 Å². The molecule has 1 saturated heterocycles. The van der Waals surface area contributed by atoms with Crippen LogP contribution >= 0.6 is 0 Å². The van der Waals surface area contributed by atoms with Crippen molar-refractivity contribution in [2.24, 2.45) is 0 Å². The van der Waals surface area contributed by atoms with Crippen LogP contribution in [0.4, 0.5) is 0 Å². The summed E-state index contributed by atoms with van der Waals surface area (Å²) in [5.41, 5.74) is 0.525. The molecule has 0 spiro atoms. The lowest BCUT2D eigenvalue weighted by molar-refractivity contribution is -0.163. The van der Waals surface area contributed by atoms with Gasteiger partial charge in [0.25, 0.3) is 0 Å². The highest BCUT2D eigenvalue weighted by Crippen LogP contribution is 2.41. The molecule has 4 heteroatoms. The molecule has 2 heterocycles. The number of hydrogen-bond donors (Lipinski definition) is 0. The van der Waals surface area contributed by atoms with E-state index in [2.05, 4.69) is 24.0 Å². The fraction of sp³-hybridized carbons (Fsp3) is 0.450. The topological polar surface area (TPSA) is 42.7 Å². The minimum absolute atomic E-state index is 0.130. The normalized spacial score (nSPS) is 24.2. The van der Waals surface area contributed by atoms with Gasteiger partial charge in [-0.05, 0) is 24.6 Å². The molecular weight excluding hydrogens is 302 g/mol. The quantitative estimate of drug-likeness (QED) is 0.758. The van der Waals surface area contributed by atoms with Crippen molar-refractivity contribution < 1.29 is 13.9 Å². The number of hydrogen-bond acceptors (Lipinski definition) is 4. The molecule has 0 amide bonds. The molecule has 1 fully saturated rings. The van der Waals surface area contributed by atoms with Crippen LogP contribution in [-0.2, 0) is 21.6 Å². The molecule has 0 radical (unpaired) electrons. The number of carbonyl (C=O) groups is 1. The summed E-state index contributed by atoms with van der Waals surface area (Å²) in [7, 11) is 0. The van der Waals surface area contributed by atoms with Gasteiger partial charge in [-0.1, -0.05) is 37.3 Å². The summed E-state index contributed by atoms with van der Waals surface area (Å²) in [6, 6.07) is 14.2. The summed E-state index contributed by atoms with van der Waals surface area (Å²) in [6.07, 6.45) is 3.79. The van der Waals surface area contributed by atoms with Crippen molar-refractivity contribution in [3.63, 3.8) is 0 Å². The molecular formula is C20H25NO3. The Hall–Kier alpha value is -2.07. The summed E-state index contributed by atoms with van der Waals surface area (Å²) < 4.78 is 11.4. The van der Waals surface area contributed by atoms with Crippen LogP contribution in [0.25, 0.3) is 0 Å². The summed E-state index contributed by atoms with van der Waals surface area (Å²) in [4.78, 5) is 14.5. The van der Waals surface area contributed by atoms with E-state index in [1.165, 1.54) is 0 Å². The van der Waals surface area contributed by atoms with Gasteiger partial charge in [0, 0.05) is 32.4 Å². The summed E-state index contributed by atoms with van der Waals surface area (Å²) in [5, 5.41) is 0. The van der Waals surface area contributed by atoms with E-state index >= 15 is 0 Å². The first-order valence-electron chi connectivity index (χ1n) is 8.69. The van der Waals surface area contributed by atoms with E-state index in [0.717, 1.165) is 37.3 Å². The van der Waals surface area contributed by atoms with Crippen molar-refractivity contribution in [3.05, 3.63) is 60.1 Å². The van der Waals surface area contributed by atoms with Gasteiger partial charge in [-0.3, -0.25) is 9.69 Å². The number of likely N-dealkylation sites (tertiary alicyclic amines) is 1. The third kappa shape index (κ3) is 3.24. The van der Waals surface area contributed by atoms with Crippen LogP contribution in [0.2, 0.25) is 0 Å². The lowest BCUT2D eigenvalue weighted by Crippen LogP contribution is -2.44. The molecule has 0 bridgehead atoms. The van der Waals surface area contributed by atoms with E-state index in [0.29, 0.717) is 6.42 Å². The van der Waals surface area contributed by atoms with E-state index < -0.39 is 5.60 Å². The van der Waals surface area contributed by atoms with Gasteiger partial charge in [-0.25, -0.2) is 0 Å². The third-order valence-electron chi connectivity index (χ3n) is 5.07. The molecule has 0 saturated carbocycles. The Morgan fingerprint density at radius 2 is 2.08 bits per heavy atom. The molecule has 2 aromatic rings. The number of carbonyl (C=O) groups excluding carboxylic acids is 1. The van der Waals surface area contributed by atoms with Crippen LogP contribution in [0, 0.1) is 0 Å². The van der Waals surface area contributed by atoms with Crippen molar-refractivity contribution in [2.75, 3.05) is 13.1 Å². The zero-order chi connectivity index (χ0) is 17.0. The number of nitrogens with zero attached hydrogens (tertiary/aromatic N) is 1. The number of rotatable bonds is 6. The van der Waals surface area contributed by atoms with Crippen LogP contribution in [0.15, 0.2) is 53.1 Å². The average Bonchev–Trinajstić information content (AvgIpc) is 3.24. The Bertz CT molecular complexity index is 653. The number of furan rings is 1. The Morgan fingerprint density at radius 3 is 2.75 bits per heavy atom. The van der Waals surface area contributed by atoms with Gasteiger partial charge in [0.2, 0.25) is 0 Å². The van der Waals surface area contributed by atoms with Gasteiger partial charge >= 0.3 is 5.97 Å². The van der Waals surface area contributed by atoms with Crippen LogP contribution in [0.3, 0.4) is 0 Å². The molecule has 4 nitrogen and oxygen atoms in total. The molecule has 0 aliphatic carbocycles. The Balaban J connectivity index is 1.80. The molecule has 2 atom stereocenters. The van der Waals surface area contributed by atoms with Crippen molar-refractivity contribution >= 4 is 5.97 Å². The molecule has 3 rings (SSSR count). The maximum absolute atomic E-state index is 12.1. The minimum atomic E-state index is -0.558. The largest absolute Gasteiger partial charge is 0.469 e. The summed E-state index contributed by atoms with van der Waals surface area (Å²) in [6.45, 7) is 5.81. The second-order valence-electron chi connectivity index (χ2n) is 6.37. The van der Waals surface area contributed by atoms with Gasteiger partial charge in [-0.2, -0.15) is 0 Å². The molecule has 0 N–H and O–H groups in total. The van der Waals surface area contributed by atoms with Gasteiger partial charge in [0.05, 0.1) is 12.3 Å². The second-order valence-corrected chi connectivity index (χ2v) is 6.37. The van der Waals surface area contributed by atoms with Crippen molar-refractivity contribution in [3.8, 4) is 0 Å². The molecule has 2 unspecified atom stereocenters. The highest BCUT2D eigenvalue weighted by molar-refractivity contribution is 5.70. The monoisotopic (exact) mass is 327 g/mol. The van der Waals surface area contributed by atoms with Crippen LogP contribution in [-0.4, -0.2) is 30.0 Å². The second kappa shape index (κ2) is 7.22. The smallest absolute Gasteiger partial charge is 0.306 e. The maximum Gasteiger partial charge on any atom is 0.306 e. The lowest BCUT2D eigenvalue weighted by Gasteiger charge is -2.36. The fourth-order valence-corrected chi connectivity index (χ4v) is 3.60.